The van der Waals surface area contributed by atoms with Crippen molar-refractivity contribution in [3.8, 4) is 5.75 Å². The van der Waals surface area contributed by atoms with E-state index >= 15 is 0 Å². The van der Waals surface area contributed by atoms with E-state index in [0.29, 0.717) is 10.8 Å². The summed E-state index contributed by atoms with van der Waals surface area (Å²) < 4.78 is 43.5. The zero-order valence-corrected chi connectivity index (χ0v) is 12.6. The van der Waals surface area contributed by atoms with Gasteiger partial charge in [-0.15, -0.1) is 0 Å². The predicted octanol–water partition coefficient (Wildman–Crippen LogP) is 2.75. The Morgan fingerprint density at radius 1 is 1.26 bits per heavy atom. The minimum absolute atomic E-state index is 0.128. The van der Waals surface area contributed by atoms with Crippen LogP contribution in [0, 0.1) is 0 Å². The smallest absolute Gasteiger partial charge is 0.435 e. The number of hydrogen-bond acceptors (Lipinski definition) is 3. The number of amides is 1. The highest BCUT2D eigenvalue weighted by atomic mass is 35.5. The van der Waals surface area contributed by atoms with Crippen molar-refractivity contribution in [1.29, 1.82) is 0 Å². The summed E-state index contributed by atoms with van der Waals surface area (Å²) in [4.78, 5) is 11.6. The molecule has 1 aromatic carbocycles. The molecular formula is C14H13ClF3N3O2. The number of benzene rings is 1. The van der Waals surface area contributed by atoms with Crippen molar-refractivity contribution >= 4 is 17.5 Å². The third-order valence-corrected chi connectivity index (χ3v) is 3.03. The van der Waals surface area contributed by atoms with Crippen molar-refractivity contribution < 1.29 is 22.7 Å². The van der Waals surface area contributed by atoms with Crippen LogP contribution in [0.5, 0.6) is 5.75 Å². The van der Waals surface area contributed by atoms with Crippen LogP contribution < -0.4 is 10.1 Å². The Kier molecular flexibility index (Phi) is 5.49. The summed E-state index contributed by atoms with van der Waals surface area (Å²) >= 11 is 5.72. The standard InChI is InChI=1S/C14H13ClF3N3O2/c15-10-1-3-11(4-2-10)23-9-13(22)19-6-8-21-7-5-12(20-21)14(16,17)18/h1-5,7H,6,8-9H2,(H,19,22). The number of carbonyl (C=O) groups excluding carboxylic acids is 1. The summed E-state index contributed by atoms with van der Waals surface area (Å²) in [5.41, 5.74) is -0.963. The van der Waals surface area contributed by atoms with Crippen LogP contribution in [-0.4, -0.2) is 28.8 Å². The molecule has 2 aromatic rings. The molecular weight excluding hydrogens is 335 g/mol. The predicted molar refractivity (Wildman–Crippen MR) is 77.2 cm³/mol. The topological polar surface area (TPSA) is 56.1 Å². The van der Waals surface area contributed by atoms with E-state index in [9.17, 15) is 18.0 Å². The largest absolute Gasteiger partial charge is 0.484 e. The minimum atomic E-state index is -4.47. The number of rotatable bonds is 6. The summed E-state index contributed by atoms with van der Waals surface area (Å²) in [6.07, 6.45) is -3.26. The Morgan fingerprint density at radius 2 is 1.96 bits per heavy atom. The fraction of sp³-hybridized carbons (Fsp3) is 0.286. The van der Waals surface area contributed by atoms with E-state index in [-0.39, 0.29) is 25.6 Å². The quantitative estimate of drug-likeness (QED) is 0.874. The van der Waals surface area contributed by atoms with E-state index in [1.165, 1.54) is 6.20 Å². The van der Waals surface area contributed by atoms with Crippen LogP contribution in [0.15, 0.2) is 36.5 Å². The second-order valence-corrected chi connectivity index (χ2v) is 4.99. The number of carbonyl (C=O) groups is 1. The molecule has 1 N–H and O–H groups in total. The number of halogens is 4. The van der Waals surface area contributed by atoms with Gasteiger partial charge >= 0.3 is 6.18 Å². The molecule has 2 rings (SSSR count). The lowest BCUT2D eigenvalue weighted by atomic mass is 10.3. The number of nitrogens with one attached hydrogen (secondary N) is 1. The molecule has 0 unspecified atom stereocenters. The first-order valence-corrected chi connectivity index (χ1v) is 6.98. The van der Waals surface area contributed by atoms with Crippen LogP contribution in [-0.2, 0) is 17.5 Å². The Morgan fingerprint density at radius 3 is 2.57 bits per heavy atom. The molecule has 0 aliphatic carbocycles. The first kappa shape index (κ1) is 17.1. The molecule has 1 amide bonds. The number of aromatic nitrogens is 2. The summed E-state index contributed by atoms with van der Waals surface area (Å²) in [5, 5.41) is 6.46. The summed E-state index contributed by atoms with van der Waals surface area (Å²) in [7, 11) is 0. The van der Waals surface area contributed by atoms with Gasteiger partial charge < -0.3 is 10.1 Å². The van der Waals surface area contributed by atoms with Gasteiger partial charge in [-0.05, 0) is 30.3 Å². The maximum absolute atomic E-state index is 12.4. The molecule has 0 bridgehead atoms. The number of nitrogens with zero attached hydrogens (tertiary/aromatic N) is 2. The van der Waals surface area contributed by atoms with E-state index in [4.69, 9.17) is 16.3 Å². The Labute approximate surface area is 135 Å². The molecule has 0 atom stereocenters. The van der Waals surface area contributed by atoms with Crippen LogP contribution in [0.2, 0.25) is 5.02 Å². The molecule has 1 aromatic heterocycles. The second-order valence-electron chi connectivity index (χ2n) is 4.55. The SMILES string of the molecule is O=C(COc1ccc(Cl)cc1)NCCn1ccc(C(F)(F)F)n1. The zero-order valence-electron chi connectivity index (χ0n) is 11.8. The van der Waals surface area contributed by atoms with E-state index in [2.05, 4.69) is 10.4 Å². The van der Waals surface area contributed by atoms with Gasteiger partial charge in [-0.1, -0.05) is 11.6 Å². The molecule has 5 nitrogen and oxygen atoms in total. The fourth-order valence-corrected chi connectivity index (χ4v) is 1.80. The van der Waals surface area contributed by atoms with Gasteiger partial charge in [0, 0.05) is 17.8 Å². The Balaban J connectivity index is 1.70. The Hall–Kier alpha value is -2.22. The van der Waals surface area contributed by atoms with Crippen molar-refractivity contribution in [3.05, 3.63) is 47.2 Å². The third-order valence-electron chi connectivity index (χ3n) is 2.78. The van der Waals surface area contributed by atoms with Crippen molar-refractivity contribution in [3.63, 3.8) is 0 Å². The lowest BCUT2D eigenvalue weighted by Gasteiger charge is -2.08. The maximum atomic E-state index is 12.4. The highest BCUT2D eigenvalue weighted by Gasteiger charge is 2.33. The molecule has 9 heteroatoms. The first-order chi connectivity index (χ1) is 10.8. The molecule has 0 fully saturated rings. The van der Waals surface area contributed by atoms with Crippen molar-refractivity contribution in [2.24, 2.45) is 0 Å². The van der Waals surface area contributed by atoms with Crippen molar-refractivity contribution in [1.82, 2.24) is 15.1 Å². The molecule has 0 aliphatic rings. The lowest BCUT2D eigenvalue weighted by Crippen LogP contribution is -2.31. The summed E-state index contributed by atoms with van der Waals surface area (Å²) in [6, 6.07) is 7.39. The summed E-state index contributed by atoms with van der Waals surface area (Å²) in [5.74, 6) is 0.106. The van der Waals surface area contributed by atoms with Gasteiger partial charge in [-0.2, -0.15) is 18.3 Å². The van der Waals surface area contributed by atoms with E-state index in [1.54, 1.807) is 24.3 Å². The van der Waals surface area contributed by atoms with E-state index in [1.807, 2.05) is 0 Å². The highest BCUT2D eigenvalue weighted by Crippen LogP contribution is 2.27. The molecule has 0 saturated heterocycles. The van der Waals surface area contributed by atoms with Crippen molar-refractivity contribution in [2.75, 3.05) is 13.2 Å². The fourth-order valence-electron chi connectivity index (χ4n) is 1.68. The molecule has 1 heterocycles. The maximum Gasteiger partial charge on any atom is 0.435 e. The first-order valence-electron chi connectivity index (χ1n) is 6.60. The van der Waals surface area contributed by atoms with Gasteiger partial charge in [0.05, 0.1) is 6.54 Å². The average molecular weight is 348 g/mol. The molecule has 0 saturated carbocycles. The third kappa shape index (κ3) is 5.48. The van der Waals surface area contributed by atoms with Gasteiger partial charge in [0.1, 0.15) is 5.75 Å². The van der Waals surface area contributed by atoms with Crippen LogP contribution in [0.4, 0.5) is 13.2 Å². The van der Waals surface area contributed by atoms with Crippen LogP contribution in [0.3, 0.4) is 0 Å². The molecule has 124 valence electrons. The number of alkyl halides is 3. The monoisotopic (exact) mass is 347 g/mol. The van der Waals surface area contributed by atoms with E-state index in [0.717, 1.165) is 10.7 Å². The van der Waals surface area contributed by atoms with Gasteiger partial charge in [-0.3, -0.25) is 9.48 Å². The normalized spacial score (nSPS) is 11.3. The second kappa shape index (κ2) is 7.36. The zero-order chi connectivity index (χ0) is 16.9. The molecule has 0 radical (unpaired) electrons. The average Bonchev–Trinajstić information content (AvgIpc) is 2.96. The van der Waals surface area contributed by atoms with Gasteiger partial charge in [0.2, 0.25) is 0 Å². The summed E-state index contributed by atoms with van der Waals surface area (Å²) in [6.45, 7) is 0.0685. The van der Waals surface area contributed by atoms with Gasteiger partial charge in [0.25, 0.3) is 5.91 Å². The van der Waals surface area contributed by atoms with Crippen LogP contribution >= 0.6 is 11.6 Å². The molecule has 0 spiro atoms. The minimum Gasteiger partial charge on any atom is -0.484 e. The molecule has 23 heavy (non-hydrogen) atoms. The molecule has 0 aliphatic heterocycles. The number of ether oxygens (including phenoxy) is 1. The van der Waals surface area contributed by atoms with Crippen LogP contribution in [0.25, 0.3) is 0 Å². The van der Waals surface area contributed by atoms with Crippen molar-refractivity contribution in [2.45, 2.75) is 12.7 Å². The van der Waals surface area contributed by atoms with E-state index < -0.39 is 11.9 Å². The Bertz CT molecular complexity index is 656. The highest BCUT2D eigenvalue weighted by molar-refractivity contribution is 6.30. The van der Waals surface area contributed by atoms with Crippen LogP contribution in [0.1, 0.15) is 5.69 Å². The van der Waals surface area contributed by atoms with Gasteiger partial charge in [0.15, 0.2) is 12.3 Å². The number of hydrogen-bond donors (Lipinski definition) is 1. The lowest BCUT2D eigenvalue weighted by molar-refractivity contribution is -0.141. The van der Waals surface area contributed by atoms with Gasteiger partial charge in [-0.25, -0.2) is 0 Å².